The molecule has 0 saturated heterocycles. The van der Waals surface area contributed by atoms with Gasteiger partial charge in [-0.15, -0.1) is 0 Å². The van der Waals surface area contributed by atoms with Crippen LogP contribution in [0.15, 0.2) is 60.7 Å². The van der Waals surface area contributed by atoms with Gasteiger partial charge in [0.2, 0.25) is 5.78 Å². The van der Waals surface area contributed by atoms with Gasteiger partial charge in [-0.1, -0.05) is 60.7 Å². The Bertz CT molecular complexity index is 709. The van der Waals surface area contributed by atoms with E-state index >= 15 is 0 Å². The second-order valence-electron chi connectivity index (χ2n) is 5.36. The largest absolute Gasteiger partial charge is 0.481 e. The predicted molar refractivity (Wildman–Crippen MR) is 87.6 cm³/mol. The van der Waals surface area contributed by atoms with Crippen LogP contribution >= 0.6 is 0 Å². The number of carbonyl (C=O) groups is 3. The number of hydrogen-bond acceptors (Lipinski definition) is 4. The number of esters is 1. The predicted octanol–water partition coefficient (Wildman–Crippen LogP) is 2.77. The number of benzene rings is 2. The molecule has 5 nitrogen and oxygen atoms in total. The second kappa shape index (κ2) is 8.06. The molecular weight excluding hydrogens is 308 g/mol. The van der Waals surface area contributed by atoms with Crippen LogP contribution in [-0.2, 0) is 19.1 Å². The summed E-state index contributed by atoms with van der Waals surface area (Å²) < 4.78 is 4.46. The first-order valence-electron chi connectivity index (χ1n) is 7.48. The number of hydrogen-bond donors (Lipinski definition) is 1. The van der Waals surface area contributed by atoms with Crippen molar-refractivity contribution in [1.82, 2.24) is 0 Å². The van der Waals surface area contributed by atoms with Gasteiger partial charge in [0.25, 0.3) is 0 Å². The first-order valence-corrected chi connectivity index (χ1v) is 7.48. The van der Waals surface area contributed by atoms with Crippen molar-refractivity contribution in [1.29, 1.82) is 0 Å². The SMILES string of the molecule is COC(=O)C(=O)CC(c1ccccc1)C(C(=O)O)c1ccccc1. The molecule has 2 unspecified atom stereocenters. The molecule has 2 aromatic rings. The van der Waals surface area contributed by atoms with E-state index in [9.17, 15) is 19.5 Å². The van der Waals surface area contributed by atoms with Crippen LogP contribution in [0, 0.1) is 0 Å². The van der Waals surface area contributed by atoms with E-state index in [2.05, 4.69) is 4.74 Å². The maximum Gasteiger partial charge on any atom is 0.374 e. The number of rotatable bonds is 7. The van der Waals surface area contributed by atoms with E-state index in [1.54, 1.807) is 60.7 Å². The Morgan fingerprint density at radius 2 is 1.42 bits per heavy atom. The Morgan fingerprint density at radius 3 is 1.88 bits per heavy atom. The number of carbonyl (C=O) groups excluding carboxylic acids is 2. The Balaban J connectivity index is 2.45. The molecule has 5 heteroatoms. The number of ether oxygens (including phenoxy) is 1. The highest BCUT2D eigenvalue weighted by Gasteiger charge is 2.34. The van der Waals surface area contributed by atoms with Gasteiger partial charge >= 0.3 is 11.9 Å². The van der Waals surface area contributed by atoms with Gasteiger partial charge in [-0.3, -0.25) is 9.59 Å². The molecule has 124 valence electrons. The summed E-state index contributed by atoms with van der Waals surface area (Å²) in [5.41, 5.74) is 1.27. The lowest BCUT2D eigenvalue weighted by molar-refractivity contribution is -0.152. The minimum Gasteiger partial charge on any atom is -0.481 e. The zero-order valence-electron chi connectivity index (χ0n) is 13.2. The van der Waals surface area contributed by atoms with Gasteiger partial charge in [0.1, 0.15) is 0 Å². The van der Waals surface area contributed by atoms with Gasteiger partial charge in [0.15, 0.2) is 0 Å². The smallest absolute Gasteiger partial charge is 0.374 e. The maximum atomic E-state index is 12.0. The van der Waals surface area contributed by atoms with Crippen molar-refractivity contribution in [2.45, 2.75) is 18.3 Å². The molecule has 2 atom stereocenters. The van der Waals surface area contributed by atoms with E-state index in [1.165, 1.54) is 0 Å². The monoisotopic (exact) mass is 326 g/mol. The van der Waals surface area contributed by atoms with Crippen LogP contribution in [0.4, 0.5) is 0 Å². The molecular formula is C19H18O5. The molecule has 0 aliphatic heterocycles. The molecule has 0 fully saturated rings. The minimum atomic E-state index is -1.05. The van der Waals surface area contributed by atoms with E-state index < -0.39 is 29.6 Å². The highest BCUT2D eigenvalue weighted by atomic mass is 16.5. The molecule has 2 rings (SSSR count). The lowest BCUT2D eigenvalue weighted by atomic mass is 9.78. The third-order valence-electron chi connectivity index (χ3n) is 3.87. The first kappa shape index (κ1) is 17.4. The van der Waals surface area contributed by atoms with Crippen LogP contribution in [0.5, 0.6) is 0 Å². The van der Waals surface area contributed by atoms with E-state index in [0.29, 0.717) is 11.1 Å². The number of aliphatic carboxylic acids is 1. The van der Waals surface area contributed by atoms with Gasteiger partial charge < -0.3 is 9.84 Å². The molecule has 24 heavy (non-hydrogen) atoms. The molecule has 0 heterocycles. The normalized spacial score (nSPS) is 12.9. The van der Waals surface area contributed by atoms with Gasteiger partial charge in [0, 0.05) is 12.3 Å². The summed E-state index contributed by atoms with van der Waals surface area (Å²) in [6, 6.07) is 17.6. The zero-order valence-corrected chi connectivity index (χ0v) is 13.2. The number of ketones is 1. The molecule has 0 aliphatic carbocycles. The lowest BCUT2D eigenvalue weighted by Gasteiger charge is -2.24. The van der Waals surface area contributed by atoms with Crippen molar-refractivity contribution in [2.75, 3.05) is 7.11 Å². The average molecular weight is 326 g/mol. The molecule has 0 bridgehead atoms. The van der Waals surface area contributed by atoms with Crippen LogP contribution in [0.25, 0.3) is 0 Å². The van der Waals surface area contributed by atoms with E-state index in [-0.39, 0.29) is 6.42 Å². The van der Waals surface area contributed by atoms with Crippen LogP contribution < -0.4 is 0 Å². The number of carboxylic acids is 1. The summed E-state index contributed by atoms with van der Waals surface area (Å²) >= 11 is 0. The van der Waals surface area contributed by atoms with Crippen molar-refractivity contribution in [3.63, 3.8) is 0 Å². The van der Waals surface area contributed by atoms with E-state index in [1.807, 2.05) is 0 Å². The number of Topliss-reactive ketones (excluding diaryl/α,β-unsaturated/α-hetero) is 1. The zero-order chi connectivity index (χ0) is 17.5. The lowest BCUT2D eigenvalue weighted by Crippen LogP contribution is -2.26. The highest BCUT2D eigenvalue weighted by Crippen LogP contribution is 2.36. The van der Waals surface area contributed by atoms with Crippen molar-refractivity contribution in [3.8, 4) is 0 Å². The molecule has 0 aromatic heterocycles. The quantitative estimate of drug-likeness (QED) is 0.625. The van der Waals surface area contributed by atoms with Gasteiger partial charge in [0.05, 0.1) is 13.0 Å². The summed E-state index contributed by atoms with van der Waals surface area (Å²) in [5, 5.41) is 9.74. The molecule has 0 amide bonds. The van der Waals surface area contributed by atoms with Crippen LogP contribution in [0.3, 0.4) is 0 Å². The summed E-state index contributed by atoms with van der Waals surface area (Å²) in [7, 11) is 1.13. The molecule has 0 spiro atoms. The second-order valence-corrected chi connectivity index (χ2v) is 5.36. The third-order valence-corrected chi connectivity index (χ3v) is 3.87. The topological polar surface area (TPSA) is 80.7 Å². The standard InChI is InChI=1S/C19H18O5/c1-24-19(23)16(20)12-15(13-8-4-2-5-9-13)17(18(21)22)14-10-6-3-7-11-14/h2-11,15,17H,12H2,1H3,(H,21,22). The fraction of sp³-hybridized carbons (Fsp3) is 0.211. The Hall–Kier alpha value is -2.95. The molecule has 0 aliphatic rings. The summed E-state index contributed by atoms with van der Waals surface area (Å²) in [4.78, 5) is 35.4. The summed E-state index contributed by atoms with van der Waals surface area (Å²) in [5.74, 6) is -4.37. The summed E-state index contributed by atoms with van der Waals surface area (Å²) in [6.45, 7) is 0. The Morgan fingerprint density at radius 1 is 0.917 bits per heavy atom. The molecule has 2 aromatic carbocycles. The van der Waals surface area contributed by atoms with Crippen molar-refractivity contribution in [2.24, 2.45) is 0 Å². The van der Waals surface area contributed by atoms with Crippen LogP contribution in [0.1, 0.15) is 29.4 Å². The Labute approximate surface area is 139 Å². The van der Waals surface area contributed by atoms with Crippen molar-refractivity contribution >= 4 is 17.7 Å². The highest BCUT2D eigenvalue weighted by molar-refractivity contribution is 6.33. The van der Waals surface area contributed by atoms with Crippen molar-refractivity contribution < 1.29 is 24.2 Å². The van der Waals surface area contributed by atoms with Crippen LogP contribution in [0.2, 0.25) is 0 Å². The Kier molecular flexibility index (Phi) is 5.84. The van der Waals surface area contributed by atoms with E-state index in [0.717, 1.165) is 7.11 Å². The summed E-state index contributed by atoms with van der Waals surface area (Å²) in [6.07, 6.45) is -0.234. The van der Waals surface area contributed by atoms with Gasteiger partial charge in [-0.05, 0) is 11.1 Å². The minimum absolute atomic E-state index is 0.234. The molecule has 0 saturated carbocycles. The first-order chi connectivity index (χ1) is 11.5. The number of carboxylic acid groups (broad SMARTS) is 1. The molecule has 0 radical (unpaired) electrons. The number of methoxy groups -OCH3 is 1. The van der Waals surface area contributed by atoms with Gasteiger partial charge in [-0.25, -0.2) is 4.79 Å². The fourth-order valence-corrected chi connectivity index (χ4v) is 2.73. The molecule has 1 N–H and O–H groups in total. The van der Waals surface area contributed by atoms with E-state index in [4.69, 9.17) is 0 Å². The third kappa shape index (κ3) is 4.07. The van der Waals surface area contributed by atoms with Crippen LogP contribution in [-0.4, -0.2) is 29.9 Å². The van der Waals surface area contributed by atoms with Crippen molar-refractivity contribution in [3.05, 3.63) is 71.8 Å². The van der Waals surface area contributed by atoms with Gasteiger partial charge in [-0.2, -0.15) is 0 Å². The average Bonchev–Trinajstić information content (AvgIpc) is 2.61. The maximum absolute atomic E-state index is 12.0. The fourth-order valence-electron chi connectivity index (χ4n) is 2.73.